The molecule has 0 radical (unpaired) electrons. The van der Waals surface area contributed by atoms with Gasteiger partial charge < -0.3 is 9.88 Å². The van der Waals surface area contributed by atoms with Crippen molar-refractivity contribution in [1.82, 2.24) is 14.5 Å². The predicted molar refractivity (Wildman–Crippen MR) is 91.5 cm³/mol. The van der Waals surface area contributed by atoms with Gasteiger partial charge in [-0.1, -0.05) is 17.7 Å². The minimum Gasteiger partial charge on any atom is -0.337 e. The van der Waals surface area contributed by atoms with Crippen molar-refractivity contribution < 1.29 is 4.79 Å². The number of carbonyl (C=O) groups is 1. The van der Waals surface area contributed by atoms with Crippen LogP contribution in [0.4, 0.5) is 5.69 Å². The van der Waals surface area contributed by atoms with Crippen LogP contribution in [0.2, 0.25) is 5.02 Å². The van der Waals surface area contributed by atoms with Crippen molar-refractivity contribution in [3.05, 3.63) is 48.0 Å². The number of anilines is 1. The van der Waals surface area contributed by atoms with Crippen molar-refractivity contribution in [1.29, 1.82) is 0 Å². The number of carbonyl (C=O) groups excluding carboxylic acids is 1. The maximum Gasteiger partial charge on any atom is 0.238 e. The highest BCUT2D eigenvalue weighted by molar-refractivity contribution is 6.30. The van der Waals surface area contributed by atoms with Crippen molar-refractivity contribution in [2.24, 2.45) is 5.92 Å². The molecule has 3 rings (SSSR count). The van der Waals surface area contributed by atoms with Gasteiger partial charge in [0.05, 0.1) is 12.9 Å². The van der Waals surface area contributed by atoms with E-state index in [9.17, 15) is 4.79 Å². The summed E-state index contributed by atoms with van der Waals surface area (Å²) in [6.07, 6.45) is 7.91. The molecule has 2 heterocycles. The summed E-state index contributed by atoms with van der Waals surface area (Å²) in [4.78, 5) is 18.4. The van der Waals surface area contributed by atoms with Gasteiger partial charge in [0.2, 0.25) is 5.91 Å². The molecule has 1 aromatic heterocycles. The molecule has 0 atom stereocenters. The number of hydrogen-bond donors (Lipinski definition) is 1. The van der Waals surface area contributed by atoms with Gasteiger partial charge in [0.15, 0.2) is 0 Å². The molecule has 122 valence electrons. The molecule has 6 heteroatoms. The molecule has 1 saturated heterocycles. The first-order valence-electron chi connectivity index (χ1n) is 7.92. The SMILES string of the molecule is O=C(CN1CCC(Cn2ccnc2)CC1)Nc1cccc(Cl)c1. The Morgan fingerprint density at radius 3 is 2.87 bits per heavy atom. The molecule has 0 aliphatic carbocycles. The molecular weight excluding hydrogens is 312 g/mol. The summed E-state index contributed by atoms with van der Waals surface area (Å²) in [5.74, 6) is 0.678. The molecule has 1 fully saturated rings. The van der Waals surface area contributed by atoms with Crippen LogP contribution in [0.25, 0.3) is 0 Å². The van der Waals surface area contributed by atoms with E-state index < -0.39 is 0 Å². The number of rotatable bonds is 5. The van der Waals surface area contributed by atoms with Crippen LogP contribution in [-0.2, 0) is 11.3 Å². The fraction of sp³-hybridized carbons (Fsp3) is 0.412. The fourth-order valence-electron chi connectivity index (χ4n) is 2.99. The lowest BCUT2D eigenvalue weighted by Crippen LogP contribution is -2.39. The molecule has 1 aromatic carbocycles. The standard InChI is InChI=1S/C17H21ClN4O/c18-15-2-1-3-16(10-15)20-17(23)12-21-7-4-14(5-8-21)11-22-9-6-19-13-22/h1-3,6,9-10,13-14H,4-5,7-8,11-12H2,(H,20,23). The Bertz CT molecular complexity index is 636. The fourth-order valence-corrected chi connectivity index (χ4v) is 3.18. The van der Waals surface area contributed by atoms with Gasteiger partial charge in [0, 0.05) is 29.6 Å². The number of aromatic nitrogens is 2. The number of nitrogens with zero attached hydrogens (tertiary/aromatic N) is 3. The number of imidazole rings is 1. The van der Waals surface area contributed by atoms with Gasteiger partial charge in [-0.3, -0.25) is 9.69 Å². The Kier molecular flexibility index (Phi) is 5.31. The summed E-state index contributed by atoms with van der Waals surface area (Å²) < 4.78 is 2.13. The molecule has 0 saturated carbocycles. The molecule has 5 nitrogen and oxygen atoms in total. The van der Waals surface area contributed by atoms with E-state index >= 15 is 0 Å². The Labute approximate surface area is 141 Å². The van der Waals surface area contributed by atoms with Gasteiger partial charge in [0.1, 0.15) is 0 Å². The highest BCUT2D eigenvalue weighted by Crippen LogP contribution is 2.19. The Morgan fingerprint density at radius 1 is 1.35 bits per heavy atom. The molecule has 1 aliphatic rings. The number of nitrogens with one attached hydrogen (secondary N) is 1. The molecule has 0 unspecified atom stereocenters. The normalized spacial score (nSPS) is 16.4. The van der Waals surface area contributed by atoms with Gasteiger partial charge in [-0.15, -0.1) is 0 Å². The summed E-state index contributed by atoms with van der Waals surface area (Å²) in [7, 11) is 0. The smallest absolute Gasteiger partial charge is 0.238 e. The van der Waals surface area contributed by atoms with Gasteiger partial charge in [-0.25, -0.2) is 4.98 Å². The van der Waals surface area contributed by atoms with Crippen LogP contribution in [0, 0.1) is 5.92 Å². The zero-order valence-corrected chi connectivity index (χ0v) is 13.7. The van der Waals surface area contributed by atoms with Crippen molar-refractivity contribution in [3.8, 4) is 0 Å². The van der Waals surface area contributed by atoms with Gasteiger partial charge in [-0.05, 0) is 50.0 Å². The van der Waals surface area contributed by atoms with E-state index in [1.807, 2.05) is 30.9 Å². The minimum absolute atomic E-state index is 0.0142. The average molecular weight is 333 g/mol. The molecule has 1 amide bonds. The second kappa shape index (κ2) is 7.62. The maximum absolute atomic E-state index is 12.1. The Morgan fingerprint density at radius 2 is 2.17 bits per heavy atom. The third-order valence-electron chi connectivity index (χ3n) is 4.21. The summed E-state index contributed by atoms with van der Waals surface area (Å²) in [5.41, 5.74) is 0.748. The summed E-state index contributed by atoms with van der Waals surface area (Å²) in [6.45, 7) is 3.37. The Hall–Kier alpha value is -1.85. The van der Waals surface area contributed by atoms with Crippen LogP contribution in [0.3, 0.4) is 0 Å². The van der Waals surface area contributed by atoms with Crippen molar-refractivity contribution >= 4 is 23.2 Å². The average Bonchev–Trinajstić information content (AvgIpc) is 3.02. The van der Waals surface area contributed by atoms with Crippen molar-refractivity contribution in [2.75, 3.05) is 25.0 Å². The summed E-state index contributed by atoms with van der Waals surface area (Å²) in [5, 5.41) is 3.53. The van der Waals surface area contributed by atoms with Crippen LogP contribution in [0.15, 0.2) is 43.0 Å². The number of halogens is 1. The maximum atomic E-state index is 12.1. The van der Waals surface area contributed by atoms with Crippen LogP contribution in [0.1, 0.15) is 12.8 Å². The van der Waals surface area contributed by atoms with Gasteiger partial charge in [-0.2, -0.15) is 0 Å². The zero-order chi connectivity index (χ0) is 16.1. The first kappa shape index (κ1) is 16.0. The number of piperidine rings is 1. The van der Waals surface area contributed by atoms with Gasteiger partial charge >= 0.3 is 0 Å². The molecule has 0 spiro atoms. The van der Waals surface area contributed by atoms with Crippen LogP contribution < -0.4 is 5.32 Å². The van der Waals surface area contributed by atoms with Crippen LogP contribution >= 0.6 is 11.6 Å². The molecule has 0 bridgehead atoms. The lowest BCUT2D eigenvalue weighted by atomic mass is 9.97. The summed E-state index contributed by atoms with van der Waals surface area (Å²) >= 11 is 5.93. The van der Waals surface area contributed by atoms with Crippen LogP contribution in [0.5, 0.6) is 0 Å². The number of likely N-dealkylation sites (tertiary alicyclic amines) is 1. The number of benzene rings is 1. The minimum atomic E-state index is 0.0142. The molecule has 1 N–H and O–H groups in total. The highest BCUT2D eigenvalue weighted by atomic mass is 35.5. The van der Waals surface area contributed by atoms with Crippen LogP contribution in [-0.4, -0.2) is 40.0 Å². The van der Waals surface area contributed by atoms with Gasteiger partial charge in [0.25, 0.3) is 0 Å². The first-order chi connectivity index (χ1) is 11.2. The zero-order valence-electron chi connectivity index (χ0n) is 13.0. The van der Waals surface area contributed by atoms with E-state index in [1.165, 1.54) is 0 Å². The molecule has 1 aliphatic heterocycles. The largest absolute Gasteiger partial charge is 0.337 e. The highest BCUT2D eigenvalue weighted by Gasteiger charge is 2.21. The van der Waals surface area contributed by atoms with E-state index in [4.69, 9.17) is 11.6 Å². The van der Waals surface area contributed by atoms with E-state index in [-0.39, 0.29) is 5.91 Å². The second-order valence-electron chi connectivity index (χ2n) is 6.04. The van der Waals surface area contributed by atoms with Crippen molar-refractivity contribution in [2.45, 2.75) is 19.4 Å². The Balaban J connectivity index is 1.42. The second-order valence-corrected chi connectivity index (χ2v) is 6.47. The third-order valence-corrected chi connectivity index (χ3v) is 4.45. The molecule has 2 aromatic rings. The van der Waals surface area contributed by atoms with E-state index in [0.717, 1.165) is 38.2 Å². The molecule has 23 heavy (non-hydrogen) atoms. The van der Waals surface area contributed by atoms with E-state index in [2.05, 4.69) is 19.8 Å². The van der Waals surface area contributed by atoms with Crippen molar-refractivity contribution in [3.63, 3.8) is 0 Å². The quantitative estimate of drug-likeness (QED) is 0.916. The summed E-state index contributed by atoms with van der Waals surface area (Å²) in [6, 6.07) is 7.24. The number of hydrogen-bond acceptors (Lipinski definition) is 3. The topological polar surface area (TPSA) is 50.2 Å². The molecular formula is C17H21ClN4O. The third kappa shape index (κ3) is 4.81. The van der Waals surface area contributed by atoms with E-state index in [0.29, 0.717) is 17.5 Å². The first-order valence-corrected chi connectivity index (χ1v) is 8.30. The van der Waals surface area contributed by atoms with E-state index in [1.54, 1.807) is 12.1 Å². The lowest BCUT2D eigenvalue weighted by Gasteiger charge is -2.31. The predicted octanol–water partition coefficient (Wildman–Crippen LogP) is 2.89. The lowest BCUT2D eigenvalue weighted by molar-refractivity contribution is -0.117. The monoisotopic (exact) mass is 332 g/mol. The number of amides is 1.